The molecule has 0 saturated heterocycles. The maximum atomic E-state index is 13.6. The molecule has 1 saturated carbocycles. The molecule has 184 valence electrons. The Labute approximate surface area is 203 Å². The number of benzene rings is 2. The highest BCUT2D eigenvalue weighted by molar-refractivity contribution is 7.92. The summed E-state index contributed by atoms with van der Waals surface area (Å²) >= 11 is 0. The number of carbonyl (C=O) groups is 2. The van der Waals surface area contributed by atoms with Crippen LogP contribution in [0.3, 0.4) is 0 Å². The monoisotopic (exact) mass is 485 g/mol. The highest BCUT2D eigenvalue weighted by Crippen LogP contribution is 2.23. The third-order valence-corrected chi connectivity index (χ3v) is 7.49. The van der Waals surface area contributed by atoms with Crippen LogP contribution in [0.15, 0.2) is 48.5 Å². The lowest BCUT2D eigenvalue weighted by Gasteiger charge is -2.32. The van der Waals surface area contributed by atoms with Gasteiger partial charge >= 0.3 is 0 Å². The van der Waals surface area contributed by atoms with Gasteiger partial charge in [0.15, 0.2) is 0 Å². The van der Waals surface area contributed by atoms with Crippen LogP contribution in [0.2, 0.25) is 0 Å². The molecule has 0 heterocycles. The first-order valence-electron chi connectivity index (χ1n) is 11.7. The van der Waals surface area contributed by atoms with Crippen molar-refractivity contribution in [1.29, 1.82) is 0 Å². The summed E-state index contributed by atoms with van der Waals surface area (Å²) in [4.78, 5) is 28.2. The fraction of sp³-hybridized carbons (Fsp3) is 0.462. The van der Waals surface area contributed by atoms with Crippen molar-refractivity contribution in [2.24, 2.45) is 0 Å². The van der Waals surface area contributed by atoms with E-state index in [0.717, 1.165) is 52.9 Å². The molecule has 0 radical (unpaired) electrons. The molecule has 1 unspecified atom stereocenters. The topological polar surface area (TPSA) is 86.8 Å². The van der Waals surface area contributed by atoms with Gasteiger partial charge < -0.3 is 10.2 Å². The SMILES string of the molecule is Cc1cccc(CN(C(=O)CN(c2ccccc2C)S(C)(=O)=O)C(C)C(=O)NC2CCCC2)c1. The first-order chi connectivity index (χ1) is 16.1. The number of nitrogens with one attached hydrogen (secondary N) is 1. The zero-order valence-electron chi connectivity index (χ0n) is 20.5. The van der Waals surface area contributed by atoms with Crippen LogP contribution < -0.4 is 9.62 Å². The van der Waals surface area contributed by atoms with Crippen LogP contribution in [-0.2, 0) is 26.2 Å². The zero-order valence-corrected chi connectivity index (χ0v) is 21.3. The van der Waals surface area contributed by atoms with Crippen LogP contribution >= 0.6 is 0 Å². The lowest BCUT2D eigenvalue weighted by molar-refractivity contribution is -0.139. The lowest BCUT2D eigenvalue weighted by atomic mass is 10.1. The molecule has 1 fully saturated rings. The minimum absolute atomic E-state index is 0.130. The molecule has 0 aliphatic heterocycles. The summed E-state index contributed by atoms with van der Waals surface area (Å²) in [6.45, 7) is 5.31. The summed E-state index contributed by atoms with van der Waals surface area (Å²) in [5.74, 6) is -0.640. The van der Waals surface area contributed by atoms with Crippen LogP contribution in [0.5, 0.6) is 0 Å². The fourth-order valence-electron chi connectivity index (χ4n) is 4.42. The predicted molar refractivity (Wildman–Crippen MR) is 135 cm³/mol. The Morgan fingerprint density at radius 2 is 1.74 bits per heavy atom. The van der Waals surface area contributed by atoms with Crippen molar-refractivity contribution in [3.8, 4) is 0 Å². The van der Waals surface area contributed by atoms with Crippen LogP contribution in [0.1, 0.15) is 49.3 Å². The number of para-hydroxylation sites is 1. The third-order valence-electron chi connectivity index (χ3n) is 6.37. The summed E-state index contributed by atoms with van der Waals surface area (Å²) < 4.78 is 26.4. The second-order valence-electron chi connectivity index (χ2n) is 9.23. The zero-order chi connectivity index (χ0) is 24.9. The van der Waals surface area contributed by atoms with Crippen molar-refractivity contribution in [3.63, 3.8) is 0 Å². The Morgan fingerprint density at radius 1 is 1.06 bits per heavy atom. The summed E-state index contributed by atoms with van der Waals surface area (Å²) in [7, 11) is -3.73. The van der Waals surface area contributed by atoms with Gasteiger partial charge in [-0.3, -0.25) is 13.9 Å². The van der Waals surface area contributed by atoms with E-state index in [-0.39, 0.29) is 25.0 Å². The number of sulfonamides is 1. The van der Waals surface area contributed by atoms with Gasteiger partial charge in [-0.1, -0.05) is 60.9 Å². The minimum Gasteiger partial charge on any atom is -0.352 e. The van der Waals surface area contributed by atoms with Gasteiger partial charge in [0, 0.05) is 12.6 Å². The summed E-state index contributed by atoms with van der Waals surface area (Å²) in [5.41, 5.74) is 3.14. The maximum Gasteiger partial charge on any atom is 0.244 e. The highest BCUT2D eigenvalue weighted by Gasteiger charge is 2.31. The molecular formula is C26H35N3O4S. The van der Waals surface area contributed by atoms with Crippen molar-refractivity contribution in [2.45, 2.75) is 65.1 Å². The molecular weight excluding hydrogens is 450 g/mol. The third kappa shape index (κ3) is 6.59. The van der Waals surface area contributed by atoms with E-state index in [0.29, 0.717) is 5.69 Å². The first-order valence-corrected chi connectivity index (χ1v) is 13.6. The van der Waals surface area contributed by atoms with E-state index >= 15 is 0 Å². The average molecular weight is 486 g/mol. The normalized spacial score (nSPS) is 15.1. The second kappa shape index (κ2) is 11.0. The molecule has 7 nitrogen and oxygen atoms in total. The Balaban J connectivity index is 1.89. The Kier molecular flexibility index (Phi) is 8.36. The molecule has 0 bridgehead atoms. The second-order valence-corrected chi connectivity index (χ2v) is 11.1. The van der Waals surface area contributed by atoms with E-state index in [1.165, 1.54) is 4.90 Å². The molecule has 2 aromatic rings. The smallest absolute Gasteiger partial charge is 0.244 e. The summed E-state index contributed by atoms with van der Waals surface area (Å²) in [6.07, 6.45) is 5.16. The van der Waals surface area contributed by atoms with Gasteiger partial charge in [0.25, 0.3) is 0 Å². The molecule has 1 aliphatic carbocycles. The Hall–Kier alpha value is -2.87. The van der Waals surface area contributed by atoms with E-state index in [9.17, 15) is 18.0 Å². The number of anilines is 1. The van der Waals surface area contributed by atoms with Gasteiger partial charge in [-0.15, -0.1) is 0 Å². The number of amides is 2. The number of nitrogens with zero attached hydrogens (tertiary/aromatic N) is 2. The van der Waals surface area contributed by atoms with Crippen LogP contribution in [0, 0.1) is 13.8 Å². The molecule has 1 aliphatic rings. The molecule has 2 aromatic carbocycles. The van der Waals surface area contributed by atoms with Gasteiger partial charge in [-0.25, -0.2) is 8.42 Å². The van der Waals surface area contributed by atoms with E-state index in [1.54, 1.807) is 32.0 Å². The lowest BCUT2D eigenvalue weighted by Crippen LogP contribution is -2.52. The standard InChI is InChI=1S/C26H35N3O4S/c1-19-10-9-12-22(16-19)17-28(21(3)26(31)27-23-13-6-7-14-23)25(30)18-29(34(4,32)33)24-15-8-5-11-20(24)2/h5,8-12,15-16,21,23H,6-7,13-14,17-18H2,1-4H3,(H,27,31). The quantitative estimate of drug-likeness (QED) is 0.589. The van der Waals surface area contributed by atoms with Gasteiger partial charge in [-0.2, -0.15) is 0 Å². The number of aryl methyl sites for hydroxylation is 2. The molecule has 8 heteroatoms. The number of hydrogen-bond donors (Lipinski definition) is 1. The van der Waals surface area contributed by atoms with Gasteiger partial charge in [0.2, 0.25) is 21.8 Å². The summed E-state index contributed by atoms with van der Waals surface area (Å²) in [6, 6.07) is 14.2. The molecule has 0 spiro atoms. The van der Waals surface area contributed by atoms with Gasteiger partial charge in [0.1, 0.15) is 12.6 Å². The molecule has 1 N–H and O–H groups in total. The van der Waals surface area contributed by atoms with Crippen LogP contribution in [0.4, 0.5) is 5.69 Å². The average Bonchev–Trinajstić information content (AvgIpc) is 3.28. The van der Waals surface area contributed by atoms with Crippen molar-refractivity contribution in [2.75, 3.05) is 17.1 Å². The van der Waals surface area contributed by atoms with E-state index in [1.807, 2.05) is 37.3 Å². The van der Waals surface area contributed by atoms with Gasteiger partial charge in [-0.05, 0) is 50.8 Å². The predicted octanol–water partition coefficient (Wildman–Crippen LogP) is 3.55. The molecule has 34 heavy (non-hydrogen) atoms. The minimum atomic E-state index is -3.73. The molecule has 2 amide bonds. The van der Waals surface area contributed by atoms with E-state index in [2.05, 4.69) is 5.32 Å². The van der Waals surface area contributed by atoms with Crippen LogP contribution in [0.25, 0.3) is 0 Å². The molecule has 1 atom stereocenters. The largest absolute Gasteiger partial charge is 0.352 e. The van der Waals surface area contributed by atoms with E-state index in [4.69, 9.17) is 0 Å². The van der Waals surface area contributed by atoms with Crippen molar-refractivity contribution >= 4 is 27.5 Å². The molecule has 0 aromatic heterocycles. The van der Waals surface area contributed by atoms with Crippen molar-refractivity contribution in [1.82, 2.24) is 10.2 Å². The maximum absolute atomic E-state index is 13.6. The van der Waals surface area contributed by atoms with Gasteiger partial charge in [0.05, 0.1) is 11.9 Å². The fourth-order valence-corrected chi connectivity index (χ4v) is 5.33. The Bertz CT molecular complexity index is 1130. The van der Waals surface area contributed by atoms with Crippen molar-refractivity contribution < 1.29 is 18.0 Å². The number of rotatable bonds is 9. The first kappa shape index (κ1) is 25.7. The van der Waals surface area contributed by atoms with Crippen LogP contribution in [-0.4, -0.2) is 50.0 Å². The van der Waals surface area contributed by atoms with E-state index < -0.39 is 22.0 Å². The highest BCUT2D eigenvalue weighted by atomic mass is 32.2. The number of carbonyl (C=O) groups excluding carboxylic acids is 2. The van der Waals surface area contributed by atoms with Crippen molar-refractivity contribution in [3.05, 3.63) is 65.2 Å². The Morgan fingerprint density at radius 3 is 2.35 bits per heavy atom. The number of hydrogen-bond acceptors (Lipinski definition) is 4. The molecule has 3 rings (SSSR count). The summed E-state index contributed by atoms with van der Waals surface area (Å²) in [5, 5.41) is 3.07.